The third-order valence-electron chi connectivity index (χ3n) is 2.24. The molecule has 0 radical (unpaired) electrons. The molecule has 0 saturated carbocycles. The lowest BCUT2D eigenvalue weighted by Crippen LogP contribution is -2.38. The fraction of sp³-hybridized carbons (Fsp3) is 0.455. The molecule has 0 spiro atoms. The van der Waals surface area contributed by atoms with Gasteiger partial charge in [0.1, 0.15) is 0 Å². The molecule has 0 aliphatic rings. The molecular weight excluding hydrogens is 246 g/mol. The summed E-state index contributed by atoms with van der Waals surface area (Å²) in [5.41, 5.74) is 1.08. The van der Waals surface area contributed by atoms with E-state index in [1.165, 1.54) is 0 Å². The molecule has 1 N–H and O–H groups in total. The highest BCUT2D eigenvalue weighted by Gasteiger charge is 2.15. The molecule has 1 atom stereocenters. The van der Waals surface area contributed by atoms with Gasteiger partial charge in [0.15, 0.2) is 0 Å². The van der Waals surface area contributed by atoms with Gasteiger partial charge in [0.2, 0.25) is 10.0 Å². The van der Waals surface area contributed by atoms with Crippen LogP contribution in [0.25, 0.3) is 0 Å². The Kier molecular flexibility index (Phi) is 5.25. The van der Waals surface area contributed by atoms with Crippen LogP contribution in [-0.2, 0) is 16.4 Å². The fourth-order valence-electron chi connectivity index (χ4n) is 1.36. The minimum atomic E-state index is -3.19. The monoisotopic (exact) mass is 261 g/mol. The van der Waals surface area contributed by atoms with Crippen molar-refractivity contribution < 1.29 is 8.42 Å². The number of rotatable bonds is 6. The largest absolute Gasteiger partial charge is 0.212 e. The molecule has 3 nitrogen and oxygen atoms in total. The summed E-state index contributed by atoms with van der Waals surface area (Å²) >= 11 is 5.75. The standard InChI is InChI=1S/C11H16ClNO2S/c1-2-16(14,15)13-11(9-12)8-10-6-4-3-5-7-10/h3-7,11,13H,2,8-9H2,1H3. The number of alkyl halides is 1. The van der Waals surface area contributed by atoms with Crippen LogP contribution in [0.15, 0.2) is 30.3 Å². The van der Waals surface area contributed by atoms with E-state index in [2.05, 4.69) is 4.72 Å². The normalized spacial score (nSPS) is 13.6. The Morgan fingerprint density at radius 1 is 1.31 bits per heavy atom. The summed E-state index contributed by atoms with van der Waals surface area (Å²) in [7, 11) is -3.19. The lowest BCUT2D eigenvalue weighted by molar-refractivity contribution is 0.562. The number of halogens is 1. The Morgan fingerprint density at radius 3 is 2.44 bits per heavy atom. The number of hydrogen-bond acceptors (Lipinski definition) is 2. The van der Waals surface area contributed by atoms with Gasteiger partial charge in [-0.05, 0) is 18.9 Å². The van der Waals surface area contributed by atoms with Crippen molar-refractivity contribution >= 4 is 21.6 Å². The van der Waals surface area contributed by atoms with Gasteiger partial charge in [-0.2, -0.15) is 0 Å². The lowest BCUT2D eigenvalue weighted by Gasteiger charge is -2.15. The quantitative estimate of drug-likeness (QED) is 0.794. The fourth-order valence-corrected chi connectivity index (χ4v) is 2.48. The zero-order chi connectivity index (χ0) is 12.0. The van der Waals surface area contributed by atoms with Gasteiger partial charge in [-0.1, -0.05) is 30.3 Å². The average Bonchev–Trinajstić information content (AvgIpc) is 2.29. The van der Waals surface area contributed by atoms with Crippen molar-refractivity contribution in [1.29, 1.82) is 0 Å². The van der Waals surface area contributed by atoms with Crippen LogP contribution >= 0.6 is 11.6 Å². The predicted octanol–water partition coefficient (Wildman–Crippen LogP) is 1.78. The highest BCUT2D eigenvalue weighted by molar-refractivity contribution is 7.89. The number of hydrogen-bond donors (Lipinski definition) is 1. The van der Waals surface area contributed by atoms with Crippen molar-refractivity contribution in [1.82, 2.24) is 4.72 Å². The number of sulfonamides is 1. The summed E-state index contributed by atoms with van der Waals surface area (Å²) in [6.45, 7) is 1.61. The first-order valence-electron chi connectivity index (χ1n) is 5.17. The first-order valence-corrected chi connectivity index (χ1v) is 7.36. The van der Waals surface area contributed by atoms with Crippen molar-refractivity contribution in [3.05, 3.63) is 35.9 Å². The van der Waals surface area contributed by atoms with Crippen molar-refractivity contribution in [2.45, 2.75) is 19.4 Å². The molecule has 1 aromatic rings. The Morgan fingerprint density at radius 2 is 1.94 bits per heavy atom. The number of nitrogens with one attached hydrogen (secondary N) is 1. The smallest absolute Gasteiger partial charge is 0.211 e. The van der Waals surface area contributed by atoms with Gasteiger partial charge >= 0.3 is 0 Å². The summed E-state index contributed by atoms with van der Waals surface area (Å²) in [6.07, 6.45) is 0.615. The Bertz CT molecular complexity index is 405. The van der Waals surface area contributed by atoms with Crippen LogP contribution < -0.4 is 4.72 Å². The van der Waals surface area contributed by atoms with E-state index in [0.717, 1.165) is 5.56 Å². The van der Waals surface area contributed by atoms with Gasteiger partial charge in [-0.3, -0.25) is 0 Å². The second-order valence-corrected chi connectivity index (χ2v) is 5.91. The van der Waals surface area contributed by atoms with E-state index in [-0.39, 0.29) is 17.7 Å². The molecule has 0 saturated heterocycles. The SMILES string of the molecule is CCS(=O)(=O)NC(CCl)Cc1ccccc1. The van der Waals surface area contributed by atoms with E-state index in [0.29, 0.717) is 6.42 Å². The van der Waals surface area contributed by atoms with E-state index in [1.807, 2.05) is 30.3 Å². The maximum Gasteiger partial charge on any atom is 0.211 e. The van der Waals surface area contributed by atoms with Crippen molar-refractivity contribution in [2.24, 2.45) is 0 Å². The molecule has 0 fully saturated rings. The van der Waals surface area contributed by atoms with Crippen LogP contribution in [0, 0.1) is 0 Å². The van der Waals surface area contributed by atoms with Crippen LogP contribution in [0.3, 0.4) is 0 Å². The molecular formula is C11H16ClNO2S. The Labute approximate surface area is 102 Å². The van der Waals surface area contributed by atoms with Gasteiger partial charge in [0.25, 0.3) is 0 Å². The maximum atomic E-state index is 11.4. The van der Waals surface area contributed by atoms with E-state index < -0.39 is 10.0 Å². The second kappa shape index (κ2) is 6.23. The van der Waals surface area contributed by atoms with Crippen LogP contribution in [0.5, 0.6) is 0 Å². The summed E-state index contributed by atoms with van der Waals surface area (Å²) < 4.78 is 25.4. The Hall–Kier alpha value is -0.580. The van der Waals surface area contributed by atoms with Crippen LogP contribution in [0.4, 0.5) is 0 Å². The third-order valence-corrected chi connectivity index (χ3v) is 4.06. The first kappa shape index (κ1) is 13.5. The predicted molar refractivity (Wildman–Crippen MR) is 67.3 cm³/mol. The molecule has 0 bridgehead atoms. The van der Waals surface area contributed by atoms with Gasteiger partial charge in [-0.25, -0.2) is 13.1 Å². The van der Waals surface area contributed by atoms with E-state index in [1.54, 1.807) is 6.92 Å². The zero-order valence-electron chi connectivity index (χ0n) is 9.19. The molecule has 0 aliphatic carbocycles. The van der Waals surface area contributed by atoms with E-state index in [4.69, 9.17) is 11.6 Å². The Balaban J connectivity index is 2.63. The second-order valence-electron chi connectivity index (χ2n) is 3.56. The van der Waals surface area contributed by atoms with Crippen LogP contribution in [0.2, 0.25) is 0 Å². The highest BCUT2D eigenvalue weighted by Crippen LogP contribution is 2.05. The molecule has 5 heteroatoms. The molecule has 0 aromatic heterocycles. The van der Waals surface area contributed by atoms with Crippen LogP contribution in [-0.4, -0.2) is 26.1 Å². The number of benzene rings is 1. The van der Waals surface area contributed by atoms with Gasteiger partial charge < -0.3 is 0 Å². The third kappa shape index (κ3) is 4.51. The minimum Gasteiger partial charge on any atom is -0.212 e. The molecule has 16 heavy (non-hydrogen) atoms. The van der Waals surface area contributed by atoms with E-state index >= 15 is 0 Å². The first-order chi connectivity index (χ1) is 7.57. The van der Waals surface area contributed by atoms with Crippen molar-refractivity contribution in [3.63, 3.8) is 0 Å². The van der Waals surface area contributed by atoms with Crippen molar-refractivity contribution in [2.75, 3.05) is 11.6 Å². The molecule has 1 rings (SSSR count). The molecule has 1 aromatic carbocycles. The molecule has 1 unspecified atom stereocenters. The zero-order valence-corrected chi connectivity index (χ0v) is 10.8. The lowest BCUT2D eigenvalue weighted by atomic mass is 10.1. The molecule has 90 valence electrons. The molecule has 0 heterocycles. The summed E-state index contributed by atoms with van der Waals surface area (Å²) in [6, 6.07) is 9.45. The molecule has 0 aliphatic heterocycles. The minimum absolute atomic E-state index is 0.0786. The molecule has 0 amide bonds. The topological polar surface area (TPSA) is 46.2 Å². The summed E-state index contributed by atoms with van der Waals surface area (Å²) in [4.78, 5) is 0. The highest BCUT2D eigenvalue weighted by atomic mass is 35.5. The summed E-state index contributed by atoms with van der Waals surface area (Å²) in [5.74, 6) is 0.350. The maximum absolute atomic E-state index is 11.4. The van der Waals surface area contributed by atoms with Crippen molar-refractivity contribution in [3.8, 4) is 0 Å². The van der Waals surface area contributed by atoms with Gasteiger partial charge in [-0.15, -0.1) is 11.6 Å². The van der Waals surface area contributed by atoms with Gasteiger partial charge in [0, 0.05) is 11.9 Å². The summed E-state index contributed by atoms with van der Waals surface area (Å²) in [5, 5.41) is 0. The van der Waals surface area contributed by atoms with Crippen LogP contribution in [0.1, 0.15) is 12.5 Å². The van der Waals surface area contributed by atoms with E-state index in [9.17, 15) is 8.42 Å². The average molecular weight is 262 g/mol. The van der Waals surface area contributed by atoms with Gasteiger partial charge in [0.05, 0.1) is 5.75 Å².